The maximum Gasteiger partial charge on any atom is 0.247 e. The molecule has 2 aromatic carbocycles. The lowest BCUT2D eigenvalue weighted by atomic mass is 9.92. The molecule has 1 saturated carbocycles. The van der Waals surface area contributed by atoms with Gasteiger partial charge >= 0.3 is 0 Å². The number of aromatic nitrogens is 3. The quantitative estimate of drug-likeness (QED) is 0.313. The summed E-state index contributed by atoms with van der Waals surface area (Å²) in [5, 5.41) is 9.13. The highest BCUT2D eigenvalue weighted by Gasteiger charge is 2.17. The molecule has 0 radical (unpaired) electrons. The summed E-state index contributed by atoms with van der Waals surface area (Å²) in [4.78, 5) is 40.1. The molecule has 0 aliphatic heterocycles. The van der Waals surface area contributed by atoms with Gasteiger partial charge in [-0.15, -0.1) is 0 Å². The molecule has 2 N–H and O–H groups in total. The lowest BCUT2D eigenvalue weighted by Gasteiger charge is -2.13. The Bertz CT molecular complexity index is 1590. The van der Waals surface area contributed by atoms with E-state index in [2.05, 4.69) is 20.7 Å². The van der Waals surface area contributed by atoms with Gasteiger partial charge in [0.05, 0.1) is 0 Å². The number of rotatable bonds is 7. The predicted octanol–water partition coefficient (Wildman–Crippen LogP) is 5.29. The molecule has 11 heteroatoms. The highest BCUT2D eigenvalue weighted by molar-refractivity contribution is 6.08. The second-order valence-corrected chi connectivity index (χ2v) is 9.00. The van der Waals surface area contributed by atoms with Crippen LogP contribution < -0.4 is 15.4 Å². The number of ether oxygens (including phenoxy) is 1. The number of allylic oxidation sites excluding steroid dienone is 1. The summed E-state index contributed by atoms with van der Waals surface area (Å²) in [6, 6.07) is 10.8. The number of amides is 2. The second-order valence-electron chi connectivity index (χ2n) is 9.00. The number of fused-ring (bicyclic) bond motifs is 1. The number of nitrogens with zero attached hydrogens (tertiary/aromatic N) is 3. The third-order valence-electron chi connectivity index (χ3n) is 6.13. The highest BCUT2D eigenvalue weighted by Crippen LogP contribution is 2.32. The van der Waals surface area contributed by atoms with Gasteiger partial charge in [-0.25, -0.2) is 13.3 Å². The molecule has 1 aliphatic rings. The van der Waals surface area contributed by atoms with Crippen LogP contribution in [0, 0.1) is 11.6 Å². The average Bonchev–Trinajstić information content (AvgIpc) is 3.32. The van der Waals surface area contributed by atoms with E-state index in [9.17, 15) is 23.2 Å². The molecule has 1 fully saturated rings. The van der Waals surface area contributed by atoms with Gasteiger partial charge in [-0.3, -0.25) is 14.4 Å². The van der Waals surface area contributed by atoms with E-state index in [-0.39, 0.29) is 23.1 Å². The maximum atomic E-state index is 14.9. The number of carbonyl (C=O) groups is 3. The van der Waals surface area contributed by atoms with Crippen LogP contribution in [0.5, 0.6) is 11.6 Å². The van der Waals surface area contributed by atoms with Crippen LogP contribution in [0.1, 0.15) is 37.7 Å². The van der Waals surface area contributed by atoms with Gasteiger partial charge in [0, 0.05) is 42.0 Å². The minimum absolute atomic E-state index is 0.120. The lowest BCUT2D eigenvalue weighted by molar-refractivity contribution is -0.124. The number of anilines is 2. The standard InChI is InChI=1S/C28H23F2N5O4/c29-19-3-5-20(6-4-19)33-25(37)15-26(38)34-21-7-10-24(23(30)14-21)39-28-27-18(11-12-35(27)32-16-31-28)13-17-1-8-22(36)9-2-17/h3-7,10-14,16H,1-2,8-9,15H2,(H,33,37)(H,34,38). The molecule has 0 bridgehead atoms. The number of halogens is 2. The van der Waals surface area contributed by atoms with Gasteiger partial charge in [-0.1, -0.05) is 11.6 Å². The fourth-order valence-corrected chi connectivity index (χ4v) is 4.21. The number of carbonyl (C=O) groups excluding carboxylic acids is 3. The minimum atomic E-state index is -0.752. The molecule has 1 aliphatic carbocycles. The molecule has 39 heavy (non-hydrogen) atoms. The molecule has 4 aromatic rings. The first-order valence-corrected chi connectivity index (χ1v) is 12.2. The maximum absolute atomic E-state index is 14.9. The van der Waals surface area contributed by atoms with Crippen LogP contribution in [0.3, 0.4) is 0 Å². The Morgan fingerprint density at radius 3 is 2.36 bits per heavy atom. The van der Waals surface area contributed by atoms with Crippen molar-refractivity contribution in [2.45, 2.75) is 32.1 Å². The first kappa shape index (κ1) is 25.7. The normalized spacial score (nSPS) is 13.3. The van der Waals surface area contributed by atoms with Crippen molar-refractivity contribution in [3.63, 3.8) is 0 Å². The number of nitrogens with one attached hydrogen (secondary N) is 2. The average molecular weight is 532 g/mol. The minimum Gasteiger partial charge on any atom is -0.434 e. The van der Waals surface area contributed by atoms with E-state index in [0.717, 1.165) is 17.2 Å². The third kappa shape index (κ3) is 6.32. The van der Waals surface area contributed by atoms with E-state index < -0.39 is 29.9 Å². The number of benzene rings is 2. The molecular formula is C28H23F2N5O4. The van der Waals surface area contributed by atoms with Crippen LogP contribution in [0.4, 0.5) is 20.2 Å². The summed E-state index contributed by atoms with van der Waals surface area (Å²) >= 11 is 0. The van der Waals surface area contributed by atoms with Crippen molar-refractivity contribution in [3.05, 3.63) is 83.8 Å². The molecule has 9 nitrogen and oxygen atoms in total. The Kier molecular flexibility index (Phi) is 7.39. The molecule has 0 unspecified atom stereocenters. The van der Waals surface area contributed by atoms with Gasteiger partial charge in [0.1, 0.15) is 29.9 Å². The zero-order valence-electron chi connectivity index (χ0n) is 20.6. The van der Waals surface area contributed by atoms with Crippen LogP contribution >= 0.6 is 0 Å². The van der Waals surface area contributed by atoms with Gasteiger partial charge in [0.15, 0.2) is 11.6 Å². The molecule has 198 valence electrons. The SMILES string of the molecule is O=C1CCC(=Cc2ccn3ncnc(Oc4ccc(NC(=O)CC(=O)Nc5ccc(F)cc5)cc4F)c23)CC1. The van der Waals surface area contributed by atoms with Crippen LogP contribution in [-0.2, 0) is 14.4 Å². The van der Waals surface area contributed by atoms with Crippen molar-refractivity contribution < 1.29 is 27.9 Å². The molecule has 5 rings (SSSR count). The Morgan fingerprint density at radius 1 is 0.949 bits per heavy atom. The summed E-state index contributed by atoms with van der Waals surface area (Å²) in [5.74, 6) is -2.19. The van der Waals surface area contributed by atoms with Crippen molar-refractivity contribution in [1.82, 2.24) is 14.6 Å². The summed E-state index contributed by atoms with van der Waals surface area (Å²) < 4.78 is 35.3. The summed E-state index contributed by atoms with van der Waals surface area (Å²) in [6.45, 7) is 0. The zero-order valence-corrected chi connectivity index (χ0v) is 20.6. The van der Waals surface area contributed by atoms with Crippen molar-refractivity contribution in [1.29, 1.82) is 0 Å². The monoisotopic (exact) mass is 531 g/mol. The summed E-state index contributed by atoms with van der Waals surface area (Å²) in [5.41, 5.74) is 2.95. The Hall–Kier alpha value is -4.93. The Balaban J connectivity index is 1.26. The van der Waals surface area contributed by atoms with E-state index in [1.54, 1.807) is 10.7 Å². The Morgan fingerprint density at radius 2 is 1.64 bits per heavy atom. The molecule has 0 spiro atoms. The van der Waals surface area contributed by atoms with E-state index in [4.69, 9.17) is 4.74 Å². The van der Waals surface area contributed by atoms with Gasteiger partial charge in [0.2, 0.25) is 17.7 Å². The van der Waals surface area contributed by atoms with Crippen molar-refractivity contribution in [3.8, 4) is 11.6 Å². The second kappa shape index (κ2) is 11.2. The van der Waals surface area contributed by atoms with Crippen LogP contribution in [0.15, 0.2) is 66.6 Å². The van der Waals surface area contributed by atoms with Crippen LogP contribution in [-0.4, -0.2) is 32.2 Å². The Labute approximate surface area is 221 Å². The van der Waals surface area contributed by atoms with E-state index >= 15 is 0 Å². The topological polar surface area (TPSA) is 115 Å². The molecule has 0 saturated heterocycles. The van der Waals surface area contributed by atoms with Gasteiger partial charge in [0.25, 0.3) is 0 Å². The van der Waals surface area contributed by atoms with Crippen molar-refractivity contribution in [2.75, 3.05) is 10.6 Å². The molecular weight excluding hydrogens is 508 g/mol. The van der Waals surface area contributed by atoms with Crippen LogP contribution in [0.2, 0.25) is 0 Å². The molecule has 2 heterocycles. The zero-order chi connectivity index (χ0) is 27.4. The number of hydrogen-bond donors (Lipinski definition) is 2. The first-order valence-electron chi connectivity index (χ1n) is 12.2. The molecule has 2 amide bonds. The smallest absolute Gasteiger partial charge is 0.247 e. The number of Topliss-reactive ketones (excluding diaryl/α,β-unsaturated/α-hetero) is 1. The van der Waals surface area contributed by atoms with E-state index in [1.165, 1.54) is 42.7 Å². The van der Waals surface area contributed by atoms with Crippen LogP contribution in [0.25, 0.3) is 11.6 Å². The summed E-state index contributed by atoms with van der Waals surface area (Å²) in [6.07, 6.45) is 6.92. The lowest BCUT2D eigenvalue weighted by Crippen LogP contribution is -2.21. The third-order valence-corrected chi connectivity index (χ3v) is 6.13. The summed E-state index contributed by atoms with van der Waals surface area (Å²) in [7, 11) is 0. The molecule has 0 atom stereocenters. The fourth-order valence-electron chi connectivity index (χ4n) is 4.21. The number of ketones is 1. The van der Waals surface area contributed by atoms with Gasteiger partial charge in [-0.2, -0.15) is 10.1 Å². The molecule has 2 aromatic heterocycles. The largest absolute Gasteiger partial charge is 0.434 e. The first-order chi connectivity index (χ1) is 18.8. The van der Waals surface area contributed by atoms with Crippen molar-refractivity contribution >= 4 is 40.6 Å². The predicted molar refractivity (Wildman–Crippen MR) is 139 cm³/mol. The fraction of sp³-hybridized carbons (Fsp3) is 0.179. The number of hydrogen-bond acceptors (Lipinski definition) is 6. The van der Waals surface area contributed by atoms with E-state index in [0.29, 0.717) is 36.9 Å². The van der Waals surface area contributed by atoms with Gasteiger partial charge in [-0.05, 0) is 55.3 Å². The highest BCUT2D eigenvalue weighted by atomic mass is 19.1. The van der Waals surface area contributed by atoms with E-state index in [1.807, 2.05) is 12.1 Å². The van der Waals surface area contributed by atoms with Gasteiger partial charge < -0.3 is 15.4 Å². The van der Waals surface area contributed by atoms with Crippen molar-refractivity contribution in [2.24, 2.45) is 0 Å².